The molecule has 158 valence electrons. The van der Waals surface area contributed by atoms with E-state index in [0.717, 1.165) is 16.4 Å². The normalized spacial score (nSPS) is 15.5. The maximum absolute atomic E-state index is 12.9. The molecule has 0 radical (unpaired) electrons. The maximum Gasteiger partial charge on any atom is 0.243 e. The number of sulfonamides is 1. The zero-order valence-electron chi connectivity index (χ0n) is 15.8. The highest BCUT2D eigenvalue weighted by molar-refractivity contribution is 7.89. The summed E-state index contributed by atoms with van der Waals surface area (Å²) in [6.45, 7) is 1.95. The molecule has 1 aliphatic heterocycles. The maximum atomic E-state index is 12.9. The van der Waals surface area contributed by atoms with Crippen LogP contribution in [0.5, 0.6) is 0 Å². The Labute approximate surface area is 194 Å². The number of nitrogens with zero attached hydrogens (tertiary/aromatic N) is 3. The molecular weight excluding hydrogens is 485 g/mol. The lowest BCUT2D eigenvalue weighted by atomic mass is 10.1. The van der Waals surface area contributed by atoms with Gasteiger partial charge in [-0.15, -0.1) is 11.3 Å². The number of anilines is 1. The molecule has 2 aromatic carbocycles. The van der Waals surface area contributed by atoms with Gasteiger partial charge in [-0.1, -0.05) is 46.9 Å². The van der Waals surface area contributed by atoms with E-state index in [1.807, 2.05) is 17.5 Å². The minimum Gasteiger partial charge on any atom is -0.345 e. The lowest BCUT2D eigenvalue weighted by Gasteiger charge is -2.33. The van der Waals surface area contributed by atoms with Gasteiger partial charge < -0.3 is 4.90 Å². The van der Waals surface area contributed by atoms with Crippen LogP contribution in [0.15, 0.2) is 52.7 Å². The van der Waals surface area contributed by atoms with Crippen LogP contribution in [0.1, 0.15) is 11.3 Å². The molecule has 1 aliphatic rings. The fourth-order valence-electron chi connectivity index (χ4n) is 3.28. The van der Waals surface area contributed by atoms with E-state index in [2.05, 4.69) is 4.90 Å². The fraction of sp³-hybridized carbons (Fsp3) is 0.250. The molecule has 30 heavy (non-hydrogen) atoms. The first kappa shape index (κ1) is 21.9. The number of piperazine rings is 1. The van der Waals surface area contributed by atoms with Crippen LogP contribution >= 0.6 is 46.1 Å². The Kier molecular flexibility index (Phi) is 6.58. The smallest absolute Gasteiger partial charge is 0.243 e. The van der Waals surface area contributed by atoms with Crippen molar-refractivity contribution in [1.82, 2.24) is 9.29 Å². The molecule has 2 heterocycles. The van der Waals surface area contributed by atoms with E-state index < -0.39 is 10.0 Å². The van der Waals surface area contributed by atoms with Crippen LogP contribution in [0.3, 0.4) is 0 Å². The molecule has 1 fully saturated rings. The molecule has 0 spiro atoms. The molecule has 0 atom stereocenters. The van der Waals surface area contributed by atoms with E-state index in [1.165, 1.54) is 10.4 Å². The first-order chi connectivity index (χ1) is 14.3. The average Bonchev–Trinajstić information content (AvgIpc) is 3.19. The Morgan fingerprint density at radius 1 is 0.967 bits per heavy atom. The number of hydrogen-bond donors (Lipinski definition) is 0. The average molecular weight is 503 g/mol. The van der Waals surface area contributed by atoms with Crippen molar-refractivity contribution in [1.29, 1.82) is 0 Å². The molecule has 10 heteroatoms. The molecule has 0 N–H and O–H groups in total. The fourth-order valence-corrected chi connectivity index (χ4v) is 6.36. The Morgan fingerprint density at radius 3 is 2.40 bits per heavy atom. The summed E-state index contributed by atoms with van der Waals surface area (Å²) in [5.41, 5.74) is 1.89. The first-order valence-corrected chi connectivity index (χ1v) is 12.7. The Morgan fingerprint density at radius 2 is 1.70 bits per heavy atom. The van der Waals surface area contributed by atoms with Crippen molar-refractivity contribution in [3.05, 3.63) is 74.2 Å². The van der Waals surface area contributed by atoms with E-state index in [1.54, 1.807) is 35.6 Å². The lowest BCUT2D eigenvalue weighted by Crippen LogP contribution is -2.48. The summed E-state index contributed by atoms with van der Waals surface area (Å²) < 4.78 is 27.2. The molecular formula is C20H18Cl3N3O2S2. The van der Waals surface area contributed by atoms with Gasteiger partial charge in [0.1, 0.15) is 0 Å². The Hall–Kier alpha value is -1.35. The minimum absolute atomic E-state index is 0.222. The second-order valence-corrected chi connectivity index (χ2v) is 10.9. The second kappa shape index (κ2) is 9.02. The van der Waals surface area contributed by atoms with Gasteiger partial charge in [0.2, 0.25) is 10.0 Å². The van der Waals surface area contributed by atoms with Crippen molar-refractivity contribution in [3.63, 3.8) is 0 Å². The van der Waals surface area contributed by atoms with Crippen molar-refractivity contribution in [3.8, 4) is 0 Å². The zero-order chi connectivity index (χ0) is 21.3. The zero-order valence-corrected chi connectivity index (χ0v) is 19.7. The summed E-state index contributed by atoms with van der Waals surface area (Å²) in [4.78, 5) is 7.05. The minimum atomic E-state index is -3.55. The lowest BCUT2D eigenvalue weighted by molar-refractivity contribution is 0.384. The molecule has 4 rings (SSSR count). The van der Waals surface area contributed by atoms with Crippen LogP contribution in [0.4, 0.5) is 5.13 Å². The van der Waals surface area contributed by atoms with Gasteiger partial charge in [-0.25, -0.2) is 13.4 Å². The largest absolute Gasteiger partial charge is 0.345 e. The molecule has 0 aliphatic carbocycles. The monoisotopic (exact) mass is 501 g/mol. The Balaban J connectivity index is 1.41. The van der Waals surface area contributed by atoms with Crippen molar-refractivity contribution in [2.45, 2.75) is 11.3 Å². The number of thiazole rings is 1. The number of halogens is 3. The van der Waals surface area contributed by atoms with Crippen molar-refractivity contribution < 1.29 is 8.42 Å². The standard InChI is InChI=1S/C20H18Cl3N3O2S2/c21-15-2-1-3-18(11-15)30(27,28)26-8-6-25(7-9-26)20-24-17(13-29-20)10-14-4-5-16(22)12-19(14)23/h1-5,11-13H,6-10H2. The van der Waals surface area contributed by atoms with Crippen LogP contribution in [0.25, 0.3) is 0 Å². The van der Waals surface area contributed by atoms with Gasteiger partial charge in [-0.3, -0.25) is 0 Å². The molecule has 5 nitrogen and oxygen atoms in total. The summed E-state index contributed by atoms with van der Waals surface area (Å²) in [5.74, 6) is 0. The van der Waals surface area contributed by atoms with Crippen LogP contribution in [0.2, 0.25) is 15.1 Å². The van der Waals surface area contributed by atoms with E-state index >= 15 is 0 Å². The van der Waals surface area contributed by atoms with Gasteiger partial charge in [0.05, 0.1) is 10.6 Å². The molecule has 1 aromatic heterocycles. The second-order valence-electron chi connectivity index (χ2n) is 6.88. The predicted octanol–water partition coefficient (Wildman–Crippen LogP) is 5.21. The summed E-state index contributed by atoms with van der Waals surface area (Å²) >= 11 is 19.7. The molecule has 1 saturated heterocycles. The van der Waals surface area contributed by atoms with Crippen LogP contribution in [0, 0.1) is 0 Å². The van der Waals surface area contributed by atoms with Gasteiger partial charge >= 0.3 is 0 Å². The number of aromatic nitrogens is 1. The van der Waals surface area contributed by atoms with E-state index in [-0.39, 0.29) is 4.90 Å². The third kappa shape index (κ3) is 4.77. The highest BCUT2D eigenvalue weighted by Gasteiger charge is 2.29. The predicted molar refractivity (Wildman–Crippen MR) is 124 cm³/mol. The summed E-state index contributed by atoms with van der Waals surface area (Å²) in [6, 6.07) is 11.8. The van der Waals surface area contributed by atoms with E-state index in [9.17, 15) is 8.42 Å². The number of rotatable bonds is 5. The number of benzene rings is 2. The number of hydrogen-bond acceptors (Lipinski definition) is 5. The van der Waals surface area contributed by atoms with Crippen LogP contribution < -0.4 is 4.90 Å². The highest BCUT2D eigenvalue weighted by Crippen LogP contribution is 2.28. The van der Waals surface area contributed by atoms with Crippen molar-refractivity contribution >= 4 is 61.3 Å². The van der Waals surface area contributed by atoms with Gasteiger partial charge in [0, 0.05) is 53.0 Å². The topological polar surface area (TPSA) is 53.5 Å². The molecule has 0 unspecified atom stereocenters. The molecule has 0 saturated carbocycles. The van der Waals surface area contributed by atoms with Crippen molar-refractivity contribution in [2.24, 2.45) is 0 Å². The van der Waals surface area contributed by atoms with Crippen LogP contribution in [-0.4, -0.2) is 43.9 Å². The summed E-state index contributed by atoms with van der Waals surface area (Å²) in [7, 11) is -3.55. The molecule has 0 bridgehead atoms. The SMILES string of the molecule is O=S(=O)(c1cccc(Cl)c1)N1CCN(c2nc(Cc3ccc(Cl)cc3Cl)cs2)CC1. The molecule has 3 aromatic rings. The third-order valence-electron chi connectivity index (χ3n) is 4.87. The van der Waals surface area contributed by atoms with Crippen LogP contribution in [-0.2, 0) is 16.4 Å². The van der Waals surface area contributed by atoms with Gasteiger partial charge in [0.15, 0.2) is 5.13 Å². The first-order valence-electron chi connectivity index (χ1n) is 9.22. The third-order valence-corrected chi connectivity index (χ3v) is 8.54. The summed E-state index contributed by atoms with van der Waals surface area (Å²) in [6.07, 6.45) is 0.621. The highest BCUT2D eigenvalue weighted by atomic mass is 35.5. The molecule has 0 amide bonds. The quantitative estimate of drug-likeness (QED) is 0.481. The van der Waals surface area contributed by atoms with E-state index in [0.29, 0.717) is 47.7 Å². The van der Waals surface area contributed by atoms with Crippen molar-refractivity contribution in [2.75, 3.05) is 31.1 Å². The Bertz CT molecular complexity index is 1160. The van der Waals surface area contributed by atoms with Gasteiger partial charge in [-0.2, -0.15) is 4.31 Å². The van der Waals surface area contributed by atoms with E-state index in [4.69, 9.17) is 39.8 Å². The van der Waals surface area contributed by atoms with Gasteiger partial charge in [0.25, 0.3) is 0 Å². The summed E-state index contributed by atoms with van der Waals surface area (Å²) in [5, 5.41) is 4.53. The van der Waals surface area contributed by atoms with Gasteiger partial charge in [-0.05, 0) is 35.9 Å².